The van der Waals surface area contributed by atoms with E-state index in [4.69, 9.17) is 9.97 Å². The lowest BCUT2D eigenvalue weighted by Crippen LogP contribution is -2.02. The zero-order valence-corrected chi connectivity index (χ0v) is 26.6. The van der Waals surface area contributed by atoms with E-state index < -0.39 is 0 Å². The predicted octanol–water partition coefficient (Wildman–Crippen LogP) is 12.3. The van der Waals surface area contributed by atoms with Gasteiger partial charge in [0.15, 0.2) is 0 Å². The van der Waals surface area contributed by atoms with Crippen molar-refractivity contribution in [1.82, 2.24) is 14.5 Å². The Balaban J connectivity index is 1.29. The van der Waals surface area contributed by atoms with E-state index in [-0.39, 0.29) is 0 Å². The van der Waals surface area contributed by atoms with Crippen LogP contribution < -0.4 is 0 Å². The first-order valence-electron chi connectivity index (χ1n) is 15.8. The van der Waals surface area contributed by atoms with E-state index in [1.807, 2.05) is 11.3 Å². The number of rotatable bonds is 2. The van der Waals surface area contributed by atoms with Gasteiger partial charge in [-0.3, -0.25) is 4.57 Å². The van der Waals surface area contributed by atoms with Crippen molar-refractivity contribution in [3.63, 3.8) is 0 Å². The lowest BCUT2D eigenvalue weighted by atomic mass is 10.00. The van der Waals surface area contributed by atoms with Gasteiger partial charge in [0.2, 0.25) is 5.95 Å². The summed E-state index contributed by atoms with van der Waals surface area (Å²) in [6.07, 6.45) is 0. The molecule has 0 atom stereocenters. The molecule has 11 aromatic rings. The highest BCUT2D eigenvalue weighted by Crippen LogP contribution is 2.44. The van der Waals surface area contributed by atoms with E-state index in [1.54, 1.807) is 11.3 Å². The molecule has 0 radical (unpaired) electrons. The molecule has 0 aliphatic carbocycles. The van der Waals surface area contributed by atoms with Gasteiger partial charge in [-0.15, -0.1) is 22.7 Å². The van der Waals surface area contributed by atoms with Crippen molar-refractivity contribution in [1.29, 1.82) is 0 Å². The summed E-state index contributed by atoms with van der Waals surface area (Å²) in [5.41, 5.74) is 4.30. The molecule has 0 spiro atoms. The molecule has 3 nitrogen and oxygen atoms in total. The first-order chi connectivity index (χ1) is 23.3. The van der Waals surface area contributed by atoms with Gasteiger partial charge in [0.25, 0.3) is 0 Å². The fourth-order valence-corrected chi connectivity index (χ4v) is 9.77. The van der Waals surface area contributed by atoms with Crippen molar-refractivity contribution in [3.05, 3.63) is 140 Å². The van der Waals surface area contributed by atoms with Crippen LogP contribution in [0.5, 0.6) is 0 Å². The largest absolute Gasteiger partial charge is 0.278 e. The first kappa shape index (κ1) is 25.6. The molecule has 5 heteroatoms. The topological polar surface area (TPSA) is 30.7 Å². The lowest BCUT2D eigenvalue weighted by Gasteiger charge is -2.11. The van der Waals surface area contributed by atoms with Gasteiger partial charge in [-0.25, -0.2) is 9.97 Å². The minimum absolute atomic E-state index is 0.695. The maximum Gasteiger partial charge on any atom is 0.236 e. The Morgan fingerprint density at radius 1 is 0.426 bits per heavy atom. The molecule has 218 valence electrons. The van der Waals surface area contributed by atoms with Crippen molar-refractivity contribution in [2.45, 2.75) is 0 Å². The predicted molar refractivity (Wildman–Crippen MR) is 203 cm³/mol. The normalized spacial score (nSPS) is 12.3. The number of fused-ring (bicyclic) bond motifs is 13. The van der Waals surface area contributed by atoms with Crippen LogP contribution >= 0.6 is 22.7 Å². The van der Waals surface area contributed by atoms with Crippen LogP contribution in [-0.4, -0.2) is 14.5 Å². The summed E-state index contributed by atoms with van der Waals surface area (Å²) in [6, 6.07) is 50.5. The van der Waals surface area contributed by atoms with Gasteiger partial charge >= 0.3 is 0 Å². The minimum atomic E-state index is 0.695. The Bertz CT molecular complexity index is 3000. The summed E-state index contributed by atoms with van der Waals surface area (Å²) in [4.78, 5) is 11.9. The average molecular weight is 634 g/mol. The van der Waals surface area contributed by atoms with Crippen LogP contribution in [-0.2, 0) is 0 Å². The molecule has 0 fully saturated rings. The van der Waals surface area contributed by atoms with Gasteiger partial charge < -0.3 is 0 Å². The zero-order valence-electron chi connectivity index (χ0n) is 24.9. The highest BCUT2D eigenvalue weighted by molar-refractivity contribution is 7.26. The third kappa shape index (κ3) is 3.55. The molecule has 0 bridgehead atoms. The molecule has 0 saturated carbocycles. The third-order valence-electron chi connectivity index (χ3n) is 9.63. The second-order valence-electron chi connectivity index (χ2n) is 12.2. The van der Waals surface area contributed by atoms with Crippen LogP contribution in [0.15, 0.2) is 140 Å². The van der Waals surface area contributed by atoms with Gasteiger partial charge in [-0.05, 0) is 51.9 Å². The Kier molecular flexibility index (Phi) is 5.14. The molecule has 0 saturated heterocycles. The molecule has 4 heterocycles. The maximum absolute atomic E-state index is 5.52. The van der Waals surface area contributed by atoms with E-state index in [1.165, 1.54) is 62.6 Å². The van der Waals surface area contributed by atoms with Crippen molar-refractivity contribution in [2.75, 3.05) is 0 Å². The molecular weight excluding hydrogens is 611 g/mol. The van der Waals surface area contributed by atoms with Crippen LogP contribution in [0.3, 0.4) is 0 Å². The quantitative estimate of drug-likeness (QED) is 0.190. The summed E-state index contributed by atoms with van der Waals surface area (Å²) in [7, 11) is 0. The molecular formula is C42H23N3S2. The lowest BCUT2D eigenvalue weighted by molar-refractivity contribution is 1.02. The third-order valence-corrected chi connectivity index (χ3v) is 11.8. The first-order valence-corrected chi connectivity index (χ1v) is 17.4. The van der Waals surface area contributed by atoms with Crippen molar-refractivity contribution in [2.24, 2.45) is 0 Å². The van der Waals surface area contributed by atoms with E-state index >= 15 is 0 Å². The second-order valence-corrected chi connectivity index (χ2v) is 14.3. The van der Waals surface area contributed by atoms with Crippen LogP contribution in [0.1, 0.15) is 0 Å². The molecule has 0 unspecified atom stereocenters. The number of benzene rings is 7. The summed E-state index contributed by atoms with van der Waals surface area (Å²) in [5.74, 6) is 0.695. The summed E-state index contributed by atoms with van der Waals surface area (Å²) < 4.78 is 6.08. The molecule has 4 aromatic heterocycles. The number of hydrogen-bond donors (Lipinski definition) is 0. The highest BCUT2D eigenvalue weighted by atomic mass is 32.1. The molecule has 11 rings (SSSR count). The Hall–Kier alpha value is -5.62. The highest BCUT2D eigenvalue weighted by Gasteiger charge is 2.22. The van der Waals surface area contributed by atoms with E-state index in [0.717, 1.165) is 32.5 Å². The van der Waals surface area contributed by atoms with Gasteiger partial charge in [0.05, 0.1) is 16.7 Å². The maximum atomic E-state index is 5.52. The Morgan fingerprint density at radius 3 is 1.70 bits per heavy atom. The number of hydrogen-bond acceptors (Lipinski definition) is 4. The smallest absolute Gasteiger partial charge is 0.236 e. The zero-order chi connectivity index (χ0) is 30.6. The van der Waals surface area contributed by atoms with E-state index in [0.29, 0.717) is 5.95 Å². The van der Waals surface area contributed by atoms with Crippen LogP contribution in [0.25, 0.3) is 101 Å². The molecule has 0 N–H and O–H groups in total. The van der Waals surface area contributed by atoms with Crippen LogP contribution in [0.2, 0.25) is 0 Å². The molecule has 0 aliphatic rings. The fourth-order valence-electron chi connectivity index (χ4n) is 7.56. The Labute approximate surface area is 276 Å². The molecule has 7 aromatic carbocycles. The van der Waals surface area contributed by atoms with Gasteiger partial charge in [0, 0.05) is 52.0 Å². The number of nitrogens with zero attached hydrogens (tertiary/aromatic N) is 3. The fraction of sp³-hybridized carbons (Fsp3) is 0. The SMILES string of the molecule is c1ccc2c(c1)ccc1c2c2c3ccccc3ccc2n1-c1nc(-c2ccc3c(c2)sc2ccccc23)c2c(n1)sc1ccccc12. The minimum Gasteiger partial charge on any atom is -0.278 e. The van der Waals surface area contributed by atoms with E-state index in [9.17, 15) is 0 Å². The van der Waals surface area contributed by atoms with Crippen molar-refractivity contribution < 1.29 is 0 Å². The Morgan fingerprint density at radius 2 is 1.00 bits per heavy atom. The number of aromatic nitrogens is 3. The summed E-state index contributed by atoms with van der Waals surface area (Å²) in [5, 5.41) is 12.3. The van der Waals surface area contributed by atoms with Crippen molar-refractivity contribution >= 4 is 106 Å². The second kappa shape index (κ2) is 9.46. The van der Waals surface area contributed by atoms with Crippen LogP contribution in [0, 0.1) is 0 Å². The number of thiophene rings is 2. The summed E-state index contributed by atoms with van der Waals surface area (Å²) in [6.45, 7) is 0. The average Bonchev–Trinajstić information content (AvgIpc) is 3.80. The summed E-state index contributed by atoms with van der Waals surface area (Å²) >= 11 is 3.59. The van der Waals surface area contributed by atoms with Crippen molar-refractivity contribution in [3.8, 4) is 17.2 Å². The molecule has 0 aliphatic heterocycles. The molecule has 47 heavy (non-hydrogen) atoms. The standard InChI is InChI=1S/C42H23N3S2/c1-3-11-27-24(9-1)18-21-32-37(27)38-28-12-4-2-10-25(28)19-22-33(38)45(32)42-43-40(39-31-14-6-8-16-35(31)47-41(39)44-42)26-17-20-30-29-13-5-7-15-34(29)46-36(30)23-26/h1-23H. The van der Waals surface area contributed by atoms with Crippen LogP contribution in [0.4, 0.5) is 0 Å². The molecule has 0 amide bonds. The monoisotopic (exact) mass is 633 g/mol. The van der Waals surface area contributed by atoms with Gasteiger partial charge in [-0.2, -0.15) is 0 Å². The van der Waals surface area contributed by atoms with Gasteiger partial charge in [-0.1, -0.05) is 109 Å². The van der Waals surface area contributed by atoms with E-state index in [2.05, 4.69) is 144 Å². The van der Waals surface area contributed by atoms with Gasteiger partial charge in [0.1, 0.15) is 4.83 Å².